The fraction of sp³-hybridized carbons (Fsp3) is 0.533. The number of nitrogens with zero attached hydrogens (tertiary/aromatic N) is 1. The van der Waals surface area contributed by atoms with Crippen LogP contribution in [-0.2, 0) is 15.6 Å². The molecule has 1 N–H and O–H groups in total. The molecule has 1 heterocycles. The lowest BCUT2D eigenvalue weighted by Crippen LogP contribution is -2.52. The number of carbonyl (C=O) groups excluding carboxylic acids is 1. The van der Waals surface area contributed by atoms with Crippen molar-refractivity contribution in [2.75, 3.05) is 25.4 Å². The molecular weight excluding hydrogens is 352 g/mol. The van der Waals surface area contributed by atoms with E-state index < -0.39 is 10.8 Å². The molecule has 0 radical (unpaired) electrons. The van der Waals surface area contributed by atoms with E-state index in [4.69, 9.17) is 0 Å². The average Bonchev–Trinajstić information content (AvgIpc) is 2.48. The molecule has 0 spiro atoms. The maximum absolute atomic E-state index is 12.2. The second-order valence-electron chi connectivity index (χ2n) is 5.25. The van der Waals surface area contributed by atoms with Crippen molar-refractivity contribution in [2.45, 2.75) is 30.7 Å². The highest BCUT2D eigenvalue weighted by molar-refractivity contribution is 9.10. The van der Waals surface area contributed by atoms with Crippen LogP contribution in [0.5, 0.6) is 0 Å². The summed E-state index contributed by atoms with van der Waals surface area (Å²) in [5, 5.41) is 3.27. The first-order valence-corrected chi connectivity index (χ1v) is 9.33. The van der Waals surface area contributed by atoms with E-state index in [1.807, 2.05) is 29.2 Å². The molecule has 1 aromatic carbocycles. The van der Waals surface area contributed by atoms with Crippen LogP contribution in [0, 0.1) is 0 Å². The molecule has 4 nitrogen and oxygen atoms in total. The Morgan fingerprint density at radius 3 is 2.81 bits per heavy atom. The Balaban J connectivity index is 1.77. The molecular formula is C15H21BrN2O2S. The van der Waals surface area contributed by atoms with Gasteiger partial charge in [-0.25, -0.2) is 0 Å². The van der Waals surface area contributed by atoms with E-state index in [0.29, 0.717) is 18.6 Å². The van der Waals surface area contributed by atoms with E-state index in [1.54, 1.807) is 0 Å². The summed E-state index contributed by atoms with van der Waals surface area (Å²) in [6.45, 7) is 4.55. The van der Waals surface area contributed by atoms with Crippen LogP contribution in [0.1, 0.15) is 19.8 Å². The van der Waals surface area contributed by atoms with Gasteiger partial charge < -0.3 is 10.2 Å². The standard InChI is InChI=1S/C15H21BrN2O2S/c1-12-11-17-8-9-18(12)15(19)3-2-10-21(20)14-6-4-13(16)5-7-14/h4-7,12,17H,2-3,8-11H2,1H3. The highest BCUT2D eigenvalue weighted by Gasteiger charge is 2.22. The topological polar surface area (TPSA) is 49.4 Å². The van der Waals surface area contributed by atoms with Crippen LogP contribution >= 0.6 is 15.9 Å². The predicted octanol–water partition coefficient (Wildman–Crippen LogP) is 2.16. The number of hydrogen-bond acceptors (Lipinski definition) is 3. The number of halogens is 1. The minimum absolute atomic E-state index is 0.178. The van der Waals surface area contributed by atoms with Crippen molar-refractivity contribution in [3.63, 3.8) is 0 Å². The van der Waals surface area contributed by atoms with E-state index in [-0.39, 0.29) is 11.9 Å². The van der Waals surface area contributed by atoms with Gasteiger partial charge in [0.05, 0.1) is 10.8 Å². The maximum atomic E-state index is 12.2. The monoisotopic (exact) mass is 372 g/mol. The van der Waals surface area contributed by atoms with Gasteiger partial charge in [0.15, 0.2) is 0 Å². The molecule has 1 aliphatic rings. The number of benzene rings is 1. The zero-order valence-electron chi connectivity index (χ0n) is 12.2. The van der Waals surface area contributed by atoms with Crippen LogP contribution in [0.25, 0.3) is 0 Å². The summed E-state index contributed by atoms with van der Waals surface area (Å²) in [7, 11) is -1.03. The number of hydrogen-bond donors (Lipinski definition) is 1. The molecule has 21 heavy (non-hydrogen) atoms. The molecule has 1 amide bonds. The summed E-state index contributed by atoms with van der Waals surface area (Å²) in [6.07, 6.45) is 1.14. The number of amides is 1. The van der Waals surface area contributed by atoms with Crippen molar-refractivity contribution >= 4 is 32.6 Å². The van der Waals surface area contributed by atoms with Crippen LogP contribution in [0.3, 0.4) is 0 Å². The molecule has 2 atom stereocenters. The lowest BCUT2D eigenvalue weighted by molar-refractivity contribution is -0.133. The van der Waals surface area contributed by atoms with Gasteiger partial charge in [0.25, 0.3) is 0 Å². The second-order valence-corrected chi connectivity index (χ2v) is 7.73. The number of piperazine rings is 1. The highest BCUT2D eigenvalue weighted by Crippen LogP contribution is 2.15. The fourth-order valence-electron chi connectivity index (χ4n) is 2.41. The Labute approximate surface area is 136 Å². The molecule has 0 aromatic heterocycles. The largest absolute Gasteiger partial charge is 0.337 e. The first-order chi connectivity index (χ1) is 10.1. The van der Waals surface area contributed by atoms with Crippen molar-refractivity contribution < 1.29 is 9.00 Å². The Morgan fingerprint density at radius 1 is 1.43 bits per heavy atom. The molecule has 116 valence electrons. The van der Waals surface area contributed by atoms with Crippen LogP contribution < -0.4 is 5.32 Å². The molecule has 6 heteroatoms. The van der Waals surface area contributed by atoms with Gasteiger partial charge >= 0.3 is 0 Å². The summed E-state index contributed by atoms with van der Waals surface area (Å²) >= 11 is 3.36. The Hall–Kier alpha value is -0.720. The lowest BCUT2D eigenvalue weighted by Gasteiger charge is -2.34. The normalized spacial score (nSPS) is 20.3. The molecule has 2 rings (SSSR count). The van der Waals surface area contributed by atoms with Gasteiger partial charge in [-0.15, -0.1) is 0 Å². The van der Waals surface area contributed by atoms with Crippen LogP contribution in [-0.4, -0.2) is 46.4 Å². The first kappa shape index (κ1) is 16.6. The second kappa shape index (κ2) is 8.06. The quantitative estimate of drug-likeness (QED) is 0.861. The van der Waals surface area contributed by atoms with Gasteiger partial charge in [-0.2, -0.15) is 0 Å². The van der Waals surface area contributed by atoms with Crippen molar-refractivity contribution in [1.29, 1.82) is 0 Å². The highest BCUT2D eigenvalue weighted by atomic mass is 79.9. The first-order valence-electron chi connectivity index (χ1n) is 7.22. The van der Waals surface area contributed by atoms with Gasteiger partial charge in [-0.05, 0) is 37.6 Å². The van der Waals surface area contributed by atoms with E-state index >= 15 is 0 Å². The van der Waals surface area contributed by atoms with E-state index in [9.17, 15) is 9.00 Å². The number of rotatable bonds is 5. The van der Waals surface area contributed by atoms with E-state index in [0.717, 1.165) is 29.0 Å². The minimum atomic E-state index is -1.03. The number of carbonyl (C=O) groups is 1. The van der Waals surface area contributed by atoms with Crippen molar-refractivity contribution in [2.24, 2.45) is 0 Å². The zero-order valence-corrected chi connectivity index (χ0v) is 14.6. The summed E-state index contributed by atoms with van der Waals surface area (Å²) in [4.78, 5) is 14.9. The molecule has 0 bridgehead atoms. The SMILES string of the molecule is CC1CNCCN1C(=O)CCCS(=O)c1ccc(Br)cc1. The Kier molecular flexibility index (Phi) is 6.39. The summed E-state index contributed by atoms with van der Waals surface area (Å²) in [5.74, 6) is 0.713. The predicted molar refractivity (Wildman–Crippen MR) is 88.7 cm³/mol. The average molecular weight is 373 g/mol. The van der Waals surface area contributed by atoms with E-state index in [1.165, 1.54) is 0 Å². The molecule has 1 fully saturated rings. The summed E-state index contributed by atoms with van der Waals surface area (Å²) in [6, 6.07) is 7.76. The zero-order chi connectivity index (χ0) is 15.2. The molecule has 1 aromatic rings. The third kappa shape index (κ3) is 4.90. The van der Waals surface area contributed by atoms with E-state index in [2.05, 4.69) is 28.2 Å². The summed E-state index contributed by atoms with van der Waals surface area (Å²) in [5.41, 5.74) is 0. The van der Waals surface area contributed by atoms with Crippen LogP contribution in [0.15, 0.2) is 33.6 Å². The molecule has 2 unspecified atom stereocenters. The van der Waals surface area contributed by atoms with Crippen LogP contribution in [0.4, 0.5) is 0 Å². The molecule has 0 saturated carbocycles. The maximum Gasteiger partial charge on any atom is 0.222 e. The van der Waals surface area contributed by atoms with Gasteiger partial charge in [0.1, 0.15) is 0 Å². The minimum Gasteiger partial charge on any atom is -0.337 e. The molecule has 0 aliphatic carbocycles. The van der Waals surface area contributed by atoms with Gasteiger partial charge in [0, 0.05) is 47.2 Å². The summed E-state index contributed by atoms with van der Waals surface area (Å²) < 4.78 is 13.1. The number of nitrogens with one attached hydrogen (secondary N) is 1. The third-order valence-electron chi connectivity index (χ3n) is 3.62. The molecule has 1 aliphatic heterocycles. The van der Waals surface area contributed by atoms with Gasteiger partial charge in [0.2, 0.25) is 5.91 Å². The van der Waals surface area contributed by atoms with Crippen molar-refractivity contribution in [3.05, 3.63) is 28.7 Å². The molecule has 1 saturated heterocycles. The van der Waals surface area contributed by atoms with Crippen LogP contribution in [0.2, 0.25) is 0 Å². The van der Waals surface area contributed by atoms with Crippen molar-refractivity contribution in [3.8, 4) is 0 Å². The smallest absolute Gasteiger partial charge is 0.222 e. The Morgan fingerprint density at radius 2 is 2.14 bits per heavy atom. The third-order valence-corrected chi connectivity index (χ3v) is 5.60. The van der Waals surface area contributed by atoms with Gasteiger partial charge in [-0.3, -0.25) is 9.00 Å². The lowest BCUT2D eigenvalue weighted by atomic mass is 10.2. The van der Waals surface area contributed by atoms with Gasteiger partial charge in [-0.1, -0.05) is 15.9 Å². The fourth-order valence-corrected chi connectivity index (χ4v) is 3.76. The Bertz CT molecular complexity index is 507. The van der Waals surface area contributed by atoms with Crippen molar-refractivity contribution in [1.82, 2.24) is 10.2 Å².